The molecule has 1 atom stereocenters. The Bertz CT molecular complexity index is 191. The predicted molar refractivity (Wildman–Crippen MR) is 74.4 cm³/mol. The van der Waals surface area contributed by atoms with Gasteiger partial charge in [-0.25, -0.2) is 0 Å². The lowest BCUT2D eigenvalue weighted by molar-refractivity contribution is 0.204. The Kier molecular flexibility index (Phi) is 5.79. The highest BCUT2D eigenvalue weighted by Crippen LogP contribution is 2.21. The Balaban J connectivity index is 1.66. The monoisotopic (exact) mass is 238 g/mol. The van der Waals surface area contributed by atoms with E-state index in [-0.39, 0.29) is 0 Å². The van der Waals surface area contributed by atoms with Crippen molar-refractivity contribution in [2.45, 2.75) is 76.3 Å². The highest BCUT2D eigenvalue weighted by atomic mass is 15.1. The molecule has 0 aromatic heterocycles. The van der Waals surface area contributed by atoms with Crippen LogP contribution in [-0.2, 0) is 0 Å². The standard InChI is InChI=1S/C15H30N2/c1-17(15-9-4-2-3-5-10-15)13-11-14-8-6-7-12-16-14/h14-16H,2-13H2,1H3. The number of nitrogens with one attached hydrogen (secondary N) is 1. The van der Waals surface area contributed by atoms with Crippen molar-refractivity contribution in [2.75, 3.05) is 20.1 Å². The van der Waals surface area contributed by atoms with Crippen LogP contribution >= 0.6 is 0 Å². The average molecular weight is 238 g/mol. The normalized spacial score (nSPS) is 28.2. The molecule has 0 spiro atoms. The zero-order chi connectivity index (χ0) is 11.9. The van der Waals surface area contributed by atoms with E-state index in [1.54, 1.807) is 0 Å². The molecule has 0 amide bonds. The van der Waals surface area contributed by atoms with Crippen molar-refractivity contribution in [1.82, 2.24) is 10.2 Å². The molecule has 1 aliphatic heterocycles. The van der Waals surface area contributed by atoms with E-state index in [2.05, 4.69) is 17.3 Å². The van der Waals surface area contributed by atoms with Crippen LogP contribution in [0.1, 0.15) is 64.2 Å². The van der Waals surface area contributed by atoms with Crippen molar-refractivity contribution in [1.29, 1.82) is 0 Å². The van der Waals surface area contributed by atoms with Crippen molar-refractivity contribution in [3.63, 3.8) is 0 Å². The van der Waals surface area contributed by atoms with Gasteiger partial charge in [-0.1, -0.05) is 32.1 Å². The summed E-state index contributed by atoms with van der Waals surface area (Å²) in [6.45, 7) is 2.54. The summed E-state index contributed by atoms with van der Waals surface area (Å²) in [7, 11) is 2.35. The largest absolute Gasteiger partial charge is 0.314 e. The van der Waals surface area contributed by atoms with Crippen LogP contribution in [0.5, 0.6) is 0 Å². The van der Waals surface area contributed by atoms with Gasteiger partial charge >= 0.3 is 0 Å². The van der Waals surface area contributed by atoms with Gasteiger partial charge in [0, 0.05) is 12.1 Å². The van der Waals surface area contributed by atoms with E-state index in [1.807, 2.05) is 0 Å². The van der Waals surface area contributed by atoms with Crippen molar-refractivity contribution >= 4 is 0 Å². The van der Waals surface area contributed by atoms with Crippen LogP contribution in [0, 0.1) is 0 Å². The van der Waals surface area contributed by atoms with Gasteiger partial charge in [0.1, 0.15) is 0 Å². The van der Waals surface area contributed by atoms with Crippen molar-refractivity contribution in [2.24, 2.45) is 0 Å². The van der Waals surface area contributed by atoms with Gasteiger partial charge in [0.15, 0.2) is 0 Å². The second-order valence-electron chi connectivity index (χ2n) is 6.06. The summed E-state index contributed by atoms with van der Waals surface area (Å²) >= 11 is 0. The predicted octanol–water partition coefficient (Wildman–Crippen LogP) is 3.17. The van der Waals surface area contributed by atoms with E-state index in [9.17, 15) is 0 Å². The Labute approximate surface area is 107 Å². The number of piperidine rings is 1. The SMILES string of the molecule is CN(CCC1CCCCN1)C1CCCCCC1. The smallest absolute Gasteiger partial charge is 0.00922 e. The summed E-state index contributed by atoms with van der Waals surface area (Å²) in [6, 6.07) is 1.68. The second-order valence-corrected chi connectivity index (χ2v) is 6.06. The molecule has 0 aromatic carbocycles. The zero-order valence-corrected chi connectivity index (χ0v) is 11.6. The molecule has 2 heteroatoms. The van der Waals surface area contributed by atoms with Gasteiger partial charge < -0.3 is 10.2 Å². The van der Waals surface area contributed by atoms with E-state index < -0.39 is 0 Å². The molecule has 2 rings (SSSR count). The van der Waals surface area contributed by atoms with Crippen LogP contribution in [0.2, 0.25) is 0 Å². The molecular formula is C15H30N2. The Morgan fingerprint density at radius 2 is 1.65 bits per heavy atom. The summed E-state index contributed by atoms with van der Waals surface area (Å²) in [4.78, 5) is 2.64. The zero-order valence-electron chi connectivity index (χ0n) is 11.6. The maximum Gasteiger partial charge on any atom is 0.00922 e. The molecule has 0 bridgehead atoms. The fraction of sp³-hybridized carbons (Fsp3) is 1.00. The van der Waals surface area contributed by atoms with Crippen molar-refractivity contribution in [3.8, 4) is 0 Å². The average Bonchev–Trinajstić information content (AvgIpc) is 2.66. The third kappa shape index (κ3) is 4.59. The topological polar surface area (TPSA) is 15.3 Å². The lowest BCUT2D eigenvalue weighted by Gasteiger charge is -2.30. The molecule has 1 unspecified atom stereocenters. The molecule has 2 nitrogen and oxygen atoms in total. The molecule has 1 saturated heterocycles. The first-order valence-electron chi connectivity index (χ1n) is 7.80. The van der Waals surface area contributed by atoms with Crippen molar-refractivity contribution in [3.05, 3.63) is 0 Å². The van der Waals surface area contributed by atoms with Crippen LogP contribution in [0.3, 0.4) is 0 Å². The molecule has 0 aromatic rings. The lowest BCUT2D eigenvalue weighted by atomic mass is 10.0. The molecule has 1 aliphatic carbocycles. The minimum absolute atomic E-state index is 0.803. The van der Waals surface area contributed by atoms with Gasteiger partial charge in [0.05, 0.1) is 0 Å². The molecule has 0 radical (unpaired) electrons. The van der Waals surface area contributed by atoms with E-state index in [0.717, 1.165) is 12.1 Å². The number of nitrogens with zero attached hydrogens (tertiary/aromatic N) is 1. The molecule has 2 aliphatic rings. The van der Waals surface area contributed by atoms with E-state index in [4.69, 9.17) is 0 Å². The molecule has 1 N–H and O–H groups in total. The molecule has 17 heavy (non-hydrogen) atoms. The van der Waals surface area contributed by atoms with Gasteiger partial charge in [0.2, 0.25) is 0 Å². The first kappa shape index (κ1) is 13.4. The molecular weight excluding hydrogens is 208 g/mol. The molecule has 2 fully saturated rings. The van der Waals surface area contributed by atoms with Gasteiger partial charge in [-0.05, 0) is 52.2 Å². The summed E-state index contributed by atoms with van der Waals surface area (Å²) in [5.41, 5.74) is 0. The highest BCUT2D eigenvalue weighted by molar-refractivity contribution is 4.76. The van der Waals surface area contributed by atoms with Gasteiger partial charge in [-0.2, -0.15) is 0 Å². The third-order valence-electron chi connectivity index (χ3n) is 4.69. The third-order valence-corrected chi connectivity index (χ3v) is 4.69. The van der Waals surface area contributed by atoms with Crippen LogP contribution in [0.25, 0.3) is 0 Å². The maximum atomic E-state index is 3.66. The van der Waals surface area contributed by atoms with Crippen LogP contribution in [0.4, 0.5) is 0 Å². The second kappa shape index (κ2) is 7.38. The van der Waals surface area contributed by atoms with E-state index in [1.165, 1.54) is 77.3 Å². The van der Waals surface area contributed by atoms with E-state index in [0.29, 0.717) is 0 Å². The lowest BCUT2D eigenvalue weighted by Crippen LogP contribution is -2.39. The van der Waals surface area contributed by atoms with Crippen molar-refractivity contribution < 1.29 is 0 Å². The minimum Gasteiger partial charge on any atom is -0.314 e. The Morgan fingerprint density at radius 3 is 2.29 bits per heavy atom. The van der Waals surface area contributed by atoms with Crippen LogP contribution < -0.4 is 5.32 Å². The van der Waals surface area contributed by atoms with Gasteiger partial charge in [-0.3, -0.25) is 0 Å². The summed E-state index contributed by atoms with van der Waals surface area (Å²) in [6.07, 6.45) is 14.3. The Hall–Kier alpha value is -0.0800. The van der Waals surface area contributed by atoms with Gasteiger partial charge in [0.25, 0.3) is 0 Å². The summed E-state index contributed by atoms with van der Waals surface area (Å²) in [5, 5.41) is 3.66. The Morgan fingerprint density at radius 1 is 0.941 bits per heavy atom. The summed E-state index contributed by atoms with van der Waals surface area (Å²) < 4.78 is 0. The number of hydrogen-bond donors (Lipinski definition) is 1. The highest BCUT2D eigenvalue weighted by Gasteiger charge is 2.18. The van der Waals surface area contributed by atoms with Crippen LogP contribution in [0.15, 0.2) is 0 Å². The number of hydrogen-bond acceptors (Lipinski definition) is 2. The first-order chi connectivity index (χ1) is 8.36. The quantitative estimate of drug-likeness (QED) is 0.757. The number of rotatable bonds is 4. The van der Waals surface area contributed by atoms with E-state index >= 15 is 0 Å². The van der Waals surface area contributed by atoms with Crippen LogP contribution in [-0.4, -0.2) is 37.1 Å². The molecule has 1 saturated carbocycles. The fourth-order valence-corrected chi connectivity index (χ4v) is 3.41. The minimum atomic E-state index is 0.803. The van der Waals surface area contributed by atoms with Gasteiger partial charge in [-0.15, -0.1) is 0 Å². The maximum absolute atomic E-state index is 3.66. The summed E-state index contributed by atoms with van der Waals surface area (Å²) in [5.74, 6) is 0. The molecule has 1 heterocycles. The first-order valence-corrected chi connectivity index (χ1v) is 7.80. The fourth-order valence-electron chi connectivity index (χ4n) is 3.41. The molecule has 100 valence electrons.